The third-order valence-electron chi connectivity index (χ3n) is 16.0. The van der Waals surface area contributed by atoms with Crippen molar-refractivity contribution in [2.45, 2.75) is 82.5 Å². The van der Waals surface area contributed by atoms with E-state index >= 15 is 0 Å². The Bertz CT molecular complexity index is 2540. The molecule has 4 fully saturated rings. The van der Waals surface area contributed by atoms with Crippen LogP contribution in [0.25, 0.3) is 21.9 Å². The molecule has 54 heavy (non-hydrogen) atoms. The van der Waals surface area contributed by atoms with Crippen molar-refractivity contribution in [3.8, 4) is 22.6 Å². The number of rotatable bonds is 4. The van der Waals surface area contributed by atoms with Gasteiger partial charge in [0, 0.05) is 33.6 Å². The topological polar surface area (TPSA) is 12.5 Å². The first kappa shape index (κ1) is 31.5. The van der Waals surface area contributed by atoms with E-state index in [-0.39, 0.29) is 16.2 Å². The Morgan fingerprint density at radius 1 is 0.556 bits per heavy atom. The van der Waals surface area contributed by atoms with Gasteiger partial charge in [0.05, 0.1) is 0 Å². The monoisotopic (exact) mass is 703 g/mol. The molecule has 1 aliphatic heterocycles. The SMILES string of the molecule is CC1(C)CCC(C)(C)c2cc(N(c3ccc(-c4cccc5ccccc45)cc3)c3ccc4c(c3)C3(c5ccccc5O4)C4CC5CC6CC3C64C5)ccc21. The summed E-state index contributed by atoms with van der Waals surface area (Å²) >= 11 is 0. The smallest absolute Gasteiger partial charge is 0.131 e. The van der Waals surface area contributed by atoms with E-state index in [4.69, 9.17) is 4.74 Å². The highest BCUT2D eigenvalue weighted by molar-refractivity contribution is 5.97. The Labute approximate surface area is 320 Å². The molecule has 0 saturated heterocycles. The molecule has 0 amide bonds. The lowest BCUT2D eigenvalue weighted by Gasteiger charge is -2.77. The summed E-state index contributed by atoms with van der Waals surface area (Å²) in [6.07, 6.45) is 8.10. The van der Waals surface area contributed by atoms with E-state index in [1.54, 1.807) is 0 Å². The van der Waals surface area contributed by atoms with Gasteiger partial charge in [-0.25, -0.2) is 0 Å². The fourth-order valence-corrected chi connectivity index (χ4v) is 13.6. The van der Waals surface area contributed by atoms with E-state index in [1.807, 2.05) is 0 Å². The van der Waals surface area contributed by atoms with Gasteiger partial charge in [-0.15, -0.1) is 0 Å². The van der Waals surface area contributed by atoms with Crippen LogP contribution < -0.4 is 9.64 Å². The summed E-state index contributed by atoms with van der Waals surface area (Å²) in [6, 6.07) is 48.3. The quantitative estimate of drug-likeness (QED) is 0.181. The van der Waals surface area contributed by atoms with Crippen LogP contribution in [0.5, 0.6) is 11.5 Å². The number of ether oxygens (including phenoxy) is 1. The Hall–Kier alpha value is -4.82. The average Bonchev–Trinajstić information content (AvgIpc) is 3.72. The summed E-state index contributed by atoms with van der Waals surface area (Å²) in [5, 5.41) is 2.57. The van der Waals surface area contributed by atoms with Crippen LogP contribution in [0, 0.1) is 29.1 Å². The van der Waals surface area contributed by atoms with Gasteiger partial charge in [-0.05, 0) is 160 Å². The van der Waals surface area contributed by atoms with Crippen molar-refractivity contribution < 1.29 is 4.74 Å². The third kappa shape index (κ3) is 3.87. The standard InChI is InChI=1S/C52H49NO/c1-49(2)24-25-50(3,4)43-29-37(20-22-41(43)49)53(36-18-16-34(17-19-36)40-13-9-11-33-10-5-6-12-39(33)40)38-21-23-46-44(30-38)52(42-14-7-8-15-45(42)54-46)47-27-32-26-35-28-48(52)51(35,47)31-32/h5-23,29-30,32,35,47-48H,24-28,31H2,1-4H3. The molecule has 6 unspecified atom stereocenters. The first-order valence-electron chi connectivity index (χ1n) is 20.6. The summed E-state index contributed by atoms with van der Waals surface area (Å²) in [5.41, 5.74) is 12.9. The van der Waals surface area contributed by atoms with Gasteiger partial charge in [0.1, 0.15) is 11.5 Å². The number of benzene rings is 6. The van der Waals surface area contributed by atoms with E-state index < -0.39 is 0 Å². The van der Waals surface area contributed by atoms with Crippen molar-refractivity contribution in [2.75, 3.05) is 4.90 Å². The fourth-order valence-electron chi connectivity index (χ4n) is 13.6. The zero-order chi connectivity index (χ0) is 36.2. The molecule has 2 spiro atoms. The maximum atomic E-state index is 6.85. The molecule has 2 heteroatoms. The highest BCUT2D eigenvalue weighted by atomic mass is 16.5. The molecular formula is C52H49NO. The lowest BCUT2D eigenvalue weighted by Crippen LogP contribution is -2.74. The first-order valence-corrected chi connectivity index (χ1v) is 20.6. The Morgan fingerprint density at radius 2 is 1.22 bits per heavy atom. The van der Waals surface area contributed by atoms with Crippen molar-refractivity contribution in [3.05, 3.63) is 150 Å². The van der Waals surface area contributed by atoms with Gasteiger partial charge in [0.2, 0.25) is 0 Å². The minimum Gasteiger partial charge on any atom is -0.457 e. The number of hydrogen-bond acceptors (Lipinski definition) is 2. The van der Waals surface area contributed by atoms with Crippen LogP contribution in [0.4, 0.5) is 17.1 Å². The van der Waals surface area contributed by atoms with E-state index in [9.17, 15) is 0 Å². The summed E-state index contributed by atoms with van der Waals surface area (Å²) in [7, 11) is 0. The normalized spacial score (nSPS) is 29.6. The number of hydrogen-bond donors (Lipinski definition) is 0. The highest BCUT2D eigenvalue weighted by Crippen LogP contribution is 2.89. The lowest BCUT2D eigenvalue weighted by atomic mass is 9.26. The Balaban J connectivity index is 1.04. The van der Waals surface area contributed by atoms with Crippen molar-refractivity contribution >= 4 is 27.8 Å². The molecule has 6 aliphatic rings. The number of nitrogens with zero attached hydrogens (tertiary/aromatic N) is 1. The van der Waals surface area contributed by atoms with Gasteiger partial charge < -0.3 is 9.64 Å². The Kier molecular flexibility index (Phi) is 6.12. The molecule has 2 bridgehead atoms. The molecule has 12 rings (SSSR count). The highest BCUT2D eigenvalue weighted by Gasteiger charge is 2.84. The molecule has 6 aromatic carbocycles. The van der Waals surface area contributed by atoms with Crippen LogP contribution in [-0.2, 0) is 16.2 Å². The van der Waals surface area contributed by atoms with Gasteiger partial charge in [-0.3, -0.25) is 0 Å². The van der Waals surface area contributed by atoms with Gasteiger partial charge in [0.15, 0.2) is 0 Å². The maximum absolute atomic E-state index is 6.85. The van der Waals surface area contributed by atoms with Crippen LogP contribution in [0.15, 0.2) is 127 Å². The predicted molar refractivity (Wildman–Crippen MR) is 222 cm³/mol. The van der Waals surface area contributed by atoms with Crippen molar-refractivity contribution in [1.82, 2.24) is 0 Å². The molecule has 268 valence electrons. The minimum atomic E-state index is 0.0393. The van der Waals surface area contributed by atoms with Crippen LogP contribution in [-0.4, -0.2) is 0 Å². The molecular weight excluding hydrogens is 655 g/mol. The Morgan fingerprint density at radius 3 is 2.06 bits per heavy atom. The van der Waals surface area contributed by atoms with Crippen molar-refractivity contribution in [2.24, 2.45) is 29.1 Å². The third-order valence-corrected chi connectivity index (χ3v) is 16.0. The average molecular weight is 704 g/mol. The first-order chi connectivity index (χ1) is 26.2. The van der Waals surface area contributed by atoms with E-state index in [0.717, 1.165) is 23.3 Å². The summed E-state index contributed by atoms with van der Waals surface area (Å²) in [5.74, 6) is 5.43. The summed E-state index contributed by atoms with van der Waals surface area (Å²) in [4.78, 5) is 2.54. The van der Waals surface area contributed by atoms with Crippen LogP contribution >= 0.6 is 0 Å². The lowest BCUT2D eigenvalue weighted by molar-refractivity contribution is -0.235. The predicted octanol–water partition coefficient (Wildman–Crippen LogP) is 13.8. The molecule has 0 radical (unpaired) electrons. The second-order valence-electron chi connectivity index (χ2n) is 19.2. The maximum Gasteiger partial charge on any atom is 0.131 e. The summed E-state index contributed by atoms with van der Waals surface area (Å²) in [6.45, 7) is 9.74. The second-order valence-corrected chi connectivity index (χ2v) is 19.2. The molecule has 4 saturated carbocycles. The van der Waals surface area contributed by atoms with Gasteiger partial charge in [-0.2, -0.15) is 0 Å². The van der Waals surface area contributed by atoms with E-state index in [2.05, 4.69) is 160 Å². The molecule has 0 aromatic heterocycles. The zero-order valence-electron chi connectivity index (χ0n) is 32.0. The molecule has 6 atom stereocenters. The summed E-state index contributed by atoms with van der Waals surface area (Å²) < 4.78 is 6.85. The molecule has 5 aliphatic carbocycles. The number of para-hydroxylation sites is 1. The van der Waals surface area contributed by atoms with Crippen LogP contribution in [0.2, 0.25) is 0 Å². The van der Waals surface area contributed by atoms with E-state index in [0.29, 0.717) is 17.3 Å². The zero-order valence-corrected chi connectivity index (χ0v) is 32.0. The van der Waals surface area contributed by atoms with Gasteiger partial charge >= 0.3 is 0 Å². The minimum absolute atomic E-state index is 0.0393. The van der Waals surface area contributed by atoms with Gasteiger partial charge in [0.25, 0.3) is 0 Å². The van der Waals surface area contributed by atoms with Gasteiger partial charge in [-0.1, -0.05) is 107 Å². The van der Waals surface area contributed by atoms with Crippen LogP contribution in [0.3, 0.4) is 0 Å². The van der Waals surface area contributed by atoms with E-state index in [1.165, 1.54) is 99.7 Å². The molecule has 0 N–H and O–H groups in total. The number of anilines is 3. The van der Waals surface area contributed by atoms with Crippen LogP contribution in [0.1, 0.15) is 88.5 Å². The fraction of sp³-hybridized carbons (Fsp3) is 0.346. The molecule has 1 heterocycles. The largest absolute Gasteiger partial charge is 0.457 e. The number of fused-ring (bicyclic) bond motifs is 9. The molecule has 2 nitrogen and oxygen atoms in total. The van der Waals surface area contributed by atoms with Crippen molar-refractivity contribution in [3.63, 3.8) is 0 Å². The molecule has 6 aromatic rings. The second kappa shape index (κ2) is 10.5. The van der Waals surface area contributed by atoms with Crippen molar-refractivity contribution in [1.29, 1.82) is 0 Å².